The summed E-state index contributed by atoms with van der Waals surface area (Å²) in [7, 11) is 0. The predicted octanol–water partition coefficient (Wildman–Crippen LogP) is 3.62. The fourth-order valence-corrected chi connectivity index (χ4v) is 4.57. The van der Waals surface area contributed by atoms with Gasteiger partial charge in [-0.3, -0.25) is 4.79 Å². The number of rotatable bonds is 6. The van der Waals surface area contributed by atoms with Crippen LogP contribution in [0.25, 0.3) is 0 Å². The fourth-order valence-electron chi connectivity index (χ4n) is 4.57. The van der Waals surface area contributed by atoms with Crippen molar-refractivity contribution >= 4 is 11.9 Å². The summed E-state index contributed by atoms with van der Waals surface area (Å²) in [4.78, 5) is 23.5. The van der Waals surface area contributed by atoms with Gasteiger partial charge in [-0.25, -0.2) is 4.79 Å². The molecular weight excluding hydrogens is 354 g/mol. The monoisotopic (exact) mass is 379 g/mol. The standard InChI is InChI=1S/C23H25NO4/c1-15(16-8-10-18(11-9-16)28-14-21(25)26)24-22(27)20-13-23(20)12-4-6-17-5-2-3-7-19(17)23/h2-3,5,7-11,15,20H,4,6,12-14H2,1H3,(H,24,27)(H,25,26). The number of hydrogen-bond donors (Lipinski definition) is 2. The normalized spacial score (nSPS) is 23.5. The highest BCUT2D eigenvalue weighted by atomic mass is 16.5. The van der Waals surface area contributed by atoms with Gasteiger partial charge in [0.1, 0.15) is 5.75 Å². The molecule has 2 aliphatic carbocycles. The number of carboxylic acids is 1. The summed E-state index contributed by atoms with van der Waals surface area (Å²) in [5.41, 5.74) is 3.77. The maximum Gasteiger partial charge on any atom is 0.341 e. The minimum atomic E-state index is -1.01. The van der Waals surface area contributed by atoms with Crippen molar-refractivity contribution in [3.63, 3.8) is 0 Å². The van der Waals surface area contributed by atoms with Crippen LogP contribution in [0.15, 0.2) is 48.5 Å². The van der Waals surface area contributed by atoms with Gasteiger partial charge in [-0.15, -0.1) is 0 Å². The molecule has 1 fully saturated rings. The zero-order valence-electron chi connectivity index (χ0n) is 16.0. The lowest BCUT2D eigenvalue weighted by atomic mass is 9.78. The number of fused-ring (bicyclic) bond motifs is 2. The molecule has 1 amide bonds. The number of aryl methyl sites for hydroxylation is 1. The summed E-state index contributed by atoms with van der Waals surface area (Å²) in [6, 6.07) is 15.6. The van der Waals surface area contributed by atoms with Crippen molar-refractivity contribution in [3.05, 3.63) is 65.2 Å². The lowest BCUT2D eigenvalue weighted by Crippen LogP contribution is -2.32. The molecule has 0 heterocycles. The third kappa shape index (κ3) is 3.49. The molecule has 5 nitrogen and oxygen atoms in total. The largest absolute Gasteiger partial charge is 0.482 e. The molecular formula is C23H25NO4. The smallest absolute Gasteiger partial charge is 0.341 e. The van der Waals surface area contributed by atoms with Crippen molar-refractivity contribution in [3.8, 4) is 5.75 Å². The molecule has 1 saturated carbocycles. The average Bonchev–Trinajstić information content (AvgIpc) is 3.42. The molecule has 0 radical (unpaired) electrons. The van der Waals surface area contributed by atoms with Crippen molar-refractivity contribution in [2.75, 3.05) is 6.61 Å². The van der Waals surface area contributed by atoms with Crippen molar-refractivity contribution in [1.29, 1.82) is 0 Å². The van der Waals surface area contributed by atoms with Crippen molar-refractivity contribution in [2.24, 2.45) is 5.92 Å². The fraction of sp³-hybridized carbons (Fsp3) is 0.391. The number of hydrogen-bond acceptors (Lipinski definition) is 3. The van der Waals surface area contributed by atoms with Gasteiger partial charge in [0.2, 0.25) is 5.91 Å². The van der Waals surface area contributed by atoms with E-state index in [-0.39, 0.29) is 29.9 Å². The van der Waals surface area contributed by atoms with Gasteiger partial charge in [0.25, 0.3) is 0 Å². The molecule has 4 rings (SSSR count). The van der Waals surface area contributed by atoms with E-state index in [1.807, 2.05) is 19.1 Å². The minimum absolute atomic E-state index is 0.0349. The topological polar surface area (TPSA) is 75.6 Å². The molecule has 5 heteroatoms. The Bertz CT molecular complexity index is 892. The first kappa shape index (κ1) is 18.5. The second-order valence-electron chi connectivity index (χ2n) is 7.91. The molecule has 0 aliphatic heterocycles. The number of benzene rings is 2. The van der Waals surface area contributed by atoms with Crippen LogP contribution in [0, 0.1) is 5.92 Å². The van der Waals surface area contributed by atoms with Crippen LogP contribution in [0.1, 0.15) is 48.9 Å². The van der Waals surface area contributed by atoms with Crippen LogP contribution in [0.4, 0.5) is 0 Å². The number of carbonyl (C=O) groups excluding carboxylic acids is 1. The molecule has 28 heavy (non-hydrogen) atoms. The van der Waals surface area contributed by atoms with Crippen LogP contribution in [0.2, 0.25) is 0 Å². The van der Waals surface area contributed by atoms with Crippen LogP contribution in [-0.2, 0) is 21.4 Å². The van der Waals surface area contributed by atoms with Gasteiger partial charge in [0.05, 0.1) is 6.04 Å². The van der Waals surface area contributed by atoms with Gasteiger partial charge < -0.3 is 15.2 Å². The summed E-state index contributed by atoms with van der Waals surface area (Å²) >= 11 is 0. The highest BCUT2D eigenvalue weighted by molar-refractivity contribution is 5.85. The van der Waals surface area contributed by atoms with E-state index in [2.05, 4.69) is 29.6 Å². The number of carboxylic acid groups (broad SMARTS) is 1. The molecule has 0 bridgehead atoms. The first-order chi connectivity index (χ1) is 13.5. The van der Waals surface area contributed by atoms with E-state index in [1.165, 1.54) is 11.1 Å². The number of carbonyl (C=O) groups is 2. The first-order valence-electron chi connectivity index (χ1n) is 9.83. The van der Waals surface area contributed by atoms with Gasteiger partial charge in [-0.05, 0) is 61.4 Å². The Kier molecular flexibility index (Phi) is 4.84. The Morgan fingerprint density at radius 3 is 2.71 bits per heavy atom. The minimum Gasteiger partial charge on any atom is -0.482 e. The number of aliphatic carboxylic acids is 1. The summed E-state index contributed by atoms with van der Waals surface area (Å²) in [6.45, 7) is 1.60. The summed E-state index contributed by atoms with van der Waals surface area (Å²) in [6.07, 6.45) is 4.28. The molecule has 2 aromatic carbocycles. The quantitative estimate of drug-likeness (QED) is 0.804. The molecule has 0 aromatic heterocycles. The first-order valence-corrected chi connectivity index (χ1v) is 9.83. The van der Waals surface area contributed by atoms with Crippen molar-refractivity contribution in [2.45, 2.75) is 44.1 Å². The number of ether oxygens (including phenoxy) is 1. The third-order valence-corrected chi connectivity index (χ3v) is 6.12. The van der Waals surface area contributed by atoms with Gasteiger partial charge in [-0.2, -0.15) is 0 Å². The van der Waals surface area contributed by atoms with Gasteiger partial charge in [0.15, 0.2) is 6.61 Å². The molecule has 2 N–H and O–H groups in total. The Morgan fingerprint density at radius 2 is 1.96 bits per heavy atom. The molecule has 3 unspecified atom stereocenters. The summed E-state index contributed by atoms with van der Waals surface area (Å²) in [5.74, 6) is -0.332. The SMILES string of the molecule is CC(NC(=O)C1CC12CCCc1ccccc12)c1ccc(OCC(=O)O)cc1. The lowest BCUT2D eigenvalue weighted by Gasteiger charge is -2.26. The van der Waals surface area contributed by atoms with Crippen LogP contribution in [-0.4, -0.2) is 23.6 Å². The van der Waals surface area contributed by atoms with E-state index in [0.717, 1.165) is 31.2 Å². The van der Waals surface area contributed by atoms with Gasteiger partial charge in [-0.1, -0.05) is 36.4 Å². The maximum absolute atomic E-state index is 12.9. The number of amides is 1. The van der Waals surface area contributed by atoms with Crippen LogP contribution in [0.5, 0.6) is 5.75 Å². The molecule has 1 spiro atoms. The zero-order chi connectivity index (χ0) is 19.7. The number of nitrogens with one attached hydrogen (secondary N) is 1. The predicted molar refractivity (Wildman–Crippen MR) is 105 cm³/mol. The van der Waals surface area contributed by atoms with Gasteiger partial charge in [0, 0.05) is 11.3 Å². The van der Waals surface area contributed by atoms with E-state index < -0.39 is 5.97 Å². The highest BCUT2D eigenvalue weighted by Crippen LogP contribution is 2.60. The molecule has 146 valence electrons. The van der Waals surface area contributed by atoms with E-state index in [9.17, 15) is 9.59 Å². The van der Waals surface area contributed by atoms with E-state index in [1.54, 1.807) is 12.1 Å². The van der Waals surface area contributed by atoms with Crippen LogP contribution < -0.4 is 10.1 Å². The summed E-state index contributed by atoms with van der Waals surface area (Å²) in [5, 5.41) is 11.8. The second-order valence-corrected chi connectivity index (χ2v) is 7.91. The zero-order valence-corrected chi connectivity index (χ0v) is 16.0. The highest BCUT2D eigenvalue weighted by Gasteiger charge is 2.60. The van der Waals surface area contributed by atoms with E-state index in [4.69, 9.17) is 9.84 Å². The molecule has 2 aromatic rings. The van der Waals surface area contributed by atoms with Crippen molar-refractivity contribution in [1.82, 2.24) is 5.32 Å². The van der Waals surface area contributed by atoms with Crippen LogP contribution >= 0.6 is 0 Å². The van der Waals surface area contributed by atoms with E-state index in [0.29, 0.717) is 5.75 Å². The molecule has 0 saturated heterocycles. The summed E-state index contributed by atoms with van der Waals surface area (Å²) < 4.78 is 5.15. The van der Waals surface area contributed by atoms with Crippen molar-refractivity contribution < 1.29 is 19.4 Å². The van der Waals surface area contributed by atoms with Crippen LogP contribution in [0.3, 0.4) is 0 Å². The average molecular weight is 379 g/mol. The molecule has 3 atom stereocenters. The Hall–Kier alpha value is -2.82. The second kappa shape index (κ2) is 7.30. The lowest BCUT2D eigenvalue weighted by molar-refractivity contribution is -0.139. The Balaban J connectivity index is 1.39. The third-order valence-electron chi connectivity index (χ3n) is 6.12. The van der Waals surface area contributed by atoms with Gasteiger partial charge >= 0.3 is 5.97 Å². The van der Waals surface area contributed by atoms with E-state index >= 15 is 0 Å². The molecule has 2 aliphatic rings. The maximum atomic E-state index is 12.9. The Labute approximate surface area is 164 Å². The Morgan fingerprint density at radius 1 is 1.21 bits per heavy atom.